The van der Waals surface area contributed by atoms with Crippen molar-refractivity contribution in [2.45, 2.75) is 6.43 Å². The molecule has 0 unspecified atom stereocenters. The maximum Gasteiger partial charge on any atom is 0.281 e. The molecule has 4 nitrogen and oxygen atoms in total. The Hall–Kier alpha value is -1.59. The second kappa shape index (κ2) is 3.21. The molecule has 0 aliphatic rings. The number of aromatic nitrogens is 2. The molecule has 0 aliphatic carbocycles. The molecule has 1 heterocycles. The zero-order valence-electron chi connectivity index (χ0n) is 5.87. The van der Waals surface area contributed by atoms with Crippen molar-refractivity contribution in [1.29, 1.82) is 0 Å². The van der Waals surface area contributed by atoms with E-state index in [1.807, 2.05) is 0 Å². The van der Waals surface area contributed by atoms with E-state index in [9.17, 15) is 13.6 Å². The third-order valence-corrected chi connectivity index (χ3v) is 1.22. The van der Waals surface area contributed by atoms with E-state index >= 15 is 0 Å². The molecule has 0 fully saturated rings. The quantitative estimate of drug-likeness (QED) is 0.708. The van der Waals surface area contributed by atoms with Gasteiger partial charge in [0, 0.05) is 6.20 Å². The van der Waals surface area contributed by atoms with Gasteiger partial charge in [0.05, 0.1) is 5.56 Å². The molecule has 12 heavy (non-hydrogen) atoms. The van der Waals surface area contributed by atoms with Crippen LogP contribution in [0.1, 0.15) is 22.5 Å². The van der Waals surface area contributed by atoms with Gasteiger partial charge in [0.1, 0.15) is 12.0 Å². The standard InChI is InChI=1S/C6H5F2N3O/c7-5(8)4-3(6(9)12)1-10-2-11-4/h1-2,5H,(H2,9,12). The highest BCUT2D eigenvalue weighted by Gasteiger charge is 2.17. The Bertz CT molecular complexity index is 303. The average molecular weight is 173 g/mol. The van der Waals surface area contributed by atoms with Crippen LogP contribution in [0.25, 0.3) is 0 Å². The van der Waals surface area contributed by atoms with Crippen molar-refractivity contribution >= 4 is 5.91 Å². The molecule has 0 radical (unpaired) electrons. The molecule has 6 heteroatoms. The van der Waals surface area contributed by atoms with Crippen LogP contribution in [0.5, 0.6) is 0 Å². The van der Waals surface area contributed by atoms with E-state index in [4.69, 9.17) is 5.73 Å². The fraction of sp³-hybridized carbons (Fsp3) is 0.167. The molecule has 0 atom stereocenters. The van der Waals surface area contributed by atoms with E-state index in [1.165, 1.54) is 0 Å². The number of rotatable bonds is 2. The van der Waals surface area contributed by atoms with Crippen LogP contribution in [0, 0.1) is 0 Å². The first-order chi connectivity index (χ1) is 5.63. The number of hydrogen-bond acceptors (Lipinski definition) is 3. The van der Waals surface area contributed by atoms with Crippen LogP contribution in [0.4, 0.5) is 8.78 Å². The molecule has 64 valence electrons. The Labute approximate surface area is 66.4 Å². The highest BCUT2D eigenvalue weighted by atomic mass is 19.3. The summed E-state index contributed by atoms with van der Waals surface area (Å²) >= 11 is 0. The Morgan fingerprint density at radius 3 is 2.67 bits per heavy atom. The molecule has 1 aromatic heterocycles. The number of hydrogen-bond donors (Lipinski definition) is 1. The van der Waals surface area contributed by atoms with Crippen molar-refractivity contribution in [3.63, 3.8) is 0 Å². The molecule has 0 aliphatic heterocycles. The number of alkyl halides is 2. The first-order valence-corrected chi connectivity index (χ1v) is 3.00. The summed E-state index contributed by atoms with van der Waals surface area (Å²) in [5.74, 6) is -0.953. The number of amides is 1. The highest BCUT2D eigenvalue weighted by Crippen LogP contribution is 2.18. The Kier molecular flexibility index (Phi) is 2.27. The fourth-order valence-electron chi connectivity index (χ4n) is 0.703. The van der Waals surface area contributed by atoms with Crippen LogP contribution in [-0.2, 0) is 0 Å². The second-order valence-electron chi connectivity index (χ2n) is 1.99. The molecule has 0 aromatic carbocycles. The maximum atomic E-state index is 12.1. The summed E-state index contributed by atoms with van der Waals surface area (Å²) in [5.41, 5.74) is 3.83. The van der Waals surface area contributed by atoms with Gasteiger partial charge in [0.15, 0.2) is 0 Å². The Balaban J connectivity index is 3.17. The number of nitrogens with two attached hydrogens (primary N) is 1. The van der Waals surface area contributed by atoms with Crippen molar-refractivity contribution in [1.82, 2.24) is 9.97 Å². The Morgan fingerprint density at radius 2 is 2.25 bits per heavy atom. The van der Waals surface area contributed by atoms with Crippen LogP contribution in [-0.4, -0.2) is 15.9 Å². The van der Waals surface area contributed by atoms with Gasteiger partial charge in [0.25, 0.3) is 12.3 Å². The maximum absolute atomic E-state index is 12.1. The summed E-state index contributed by atoms with van der Waals surface area (Å²) < 4.78 is 24.2. The molecule has 0 saturated heterocycles. The predicted molar refractivity (Wildman–Crippen MR) is 35.5 cm³/mol. The number of carbonyl (C=O) groups excluding carboxylic acids is 1. The van der Waals surface area contributed by atoms with E-state index in [0.29, 0.717) is 0 Å². The van der Waals surface area contributed by atoms with Crippen LogP contribution >= 0.6 is 0 Å². The third kappa shape index (κ3) is 1.52. The van der Waals surface area contributed by atoms with Crippen molar-refractivity contribution in [3.05, 3.63) is 23.8 Å². The van der Waals surface area contributed by atoms with Crippen LogP contribution in [0.3, 0.4) is 0 Å². The normalized spacial score (nSPS) is 10.2. The molecule has 0 bridgehead atoms. The van der Waals surface area contributed by atoms with Gasteiger partial charge in [-0.15, -0.1) is 0 Å². The summed E-state index contributed by atoms with van der Waals surface area (Å²) in [6, 6.07) is 0. The van der Waals surface area contributed by atoms with E-state index in [-0.39, 0.29) is 5.56 Å². The van der Waals surface area contributed by atoms with Gasteiger partial charge in [-0.05, 0) is 0 Å². The average Bonchev–Trinajstić information content (AvgIpc) is 2.04. The van der Waals surface area contributed by atoms with Gasteiger partial charge < -0.3 is 5.73 Å². The SMILES string of the molecule is NC(=O)c1cncnc1C(F)F. The van der Waals surface area contributed by atoms with Crippen molar-refractivity contribution in [2.24, 2.45) is 5.73 Å². The van der Waals surface area contributed by atoms with Crippen LogP contribution < -0.4 is 5.73 Å². The number of nitrogens with zero attached hydrogens (tertiary/aromatic N) is 2. The molecular weight excluding hydrogens is 168 g/mol. The molecule has 1 aromatic rings. The first-order valence-electron chi connectivity index (χ1n) is 3.00. The van der Waals surface area contributed by atoms with Gasteiger partial charge in [-0.3, -0.25) is 4.79 Å². The monoisotopic (exact) mass is 173 g/mol. The number of halogens is 2. The minimum atomic E-state index is -2.81. The zero-order chi connectivity index (χ0) is 9.14. The molecule has 1 rings (SSSR count). The summed E-state index contributed by atoms with van der Waals surface area (Å²) in [6.45, 7) is 0. The number of primary amides is 1. The van der Waals surface area contributed by atoms with Gasteiger partial charge >= 0.3 is 0 Å². The third-order valence-electron chi connectivity index (χ3n) is 1.22. The van der Waals surface area contributed by atoms with Gasteiger partial charge in [-0.1, -0.05) is 0 Å². The summed E-state index contributed by atoms with van der Waals surface area (Å²) in [6.07, 6.45) is -0.902. The minimum Gasteiger partial charge on any atom is -0.365 e. The van der Waals surface area contributed by atoms with E-state index in [2.05, 4.69) is 9.97 Å². The van der Waals surface area contributed by atoms with E-state index in [1.54, 1.807) is 0 Å². The molecular formula is C6H5F2N3O. The summed E-state index contributed by atoms with van der Waals surface area (Å²) in [4.78, 5) is 17.2. The number of carbonyl (C=O) groups is 1. The lowest BCUT2D eigenvalue weighted by Gasteiger charge is -2.01. The zero-order valence-corrected chi connectivity index (χ0v) is 5.87. The molecule has 0 spiro atoms. The summed E-state index contributed by atoms with van der Waals surface area (Å²) in [7, 11) is 0. The summed E-state index contributed by atoms with van der Waals surface area (Å²) in [5, 5.41) is 0. The first kappa shape index (κ1) is 8.51. The highest BCUT2D eigenvalue weighted by molar-refractivity contribution is 5.93. The van der Waals surface area contributed by atoms with E-state index in [0.717, 1.165) is 12.5 Å². The van der Waals surface area contributed by atoms with Gasteiger partial charge in [-0.2, -0.15) is 0 Å². The van der Waals surface area contributed by atoms with Gasteiger partial charge in [-0.25, -0.2) is 18.7 Å². The largest absolute Gasteiger partial charge is 0.365 e. The van der Waals surface area contributed by atoms with Crippen molar-refractivity contribution in [3.8, 4) is 0 Å². The lowest BCUT2D eigenvalue weighted by Crippen LogP contribution is -2.15. The van der Waals surface area contributed by atoms with Crippen LogP contribution in [0.15, 0.2) is 12.5 Å². The Morgan fingerprint density at radius 1 is 1.58 bits per heavy atom. The molecule has 1 amide bonds. The fourth-order valence-corrected chi connectivity index (χ4v) is 0.703. The lowest BCUT2D eigenvalue weighted by molar-refractivity contribution is 0.0982. The lowest BCUT2D eigenvalue weighted by atomic mass is 10.2. The van der Waals surface area contributed by atoms with Crippen LogP contribution in [0.2, 0.25) is 0 Å². The molecule has 0 saturated carbocycles. The topological polar surface area (TPSA) is 68.9 Å². The van der Waals surface area contributed by atoms with E-state index < -0.39 is 18.0 Å². The van der Waals surface area contributed by atoms with Crippen molar-refractivity contribution in [2.75, 3.05) is 0 Å². The van der Waals surface area contributed by atoms with Crippen molar-refractivity contribution < 1.29 is 13.6 Å². The molecule has 2 N–H and O–H groups in total. The minimum absolute atomic E-state index is 0.340. The smallest absolute Gasteiger partial charge is 0.281 e. The predicted octanol–water partition coefficient (Wildman–Crippen LogP) is 0.513. The van der Waals surface area contributed by atoms with Gasteiger partial charge in [0.2, 0.25) is 0 Å². The second-order valence-corrected chi connectivity index (χ2v) is 1.99.